The third kappa shape index (κ3) is 4.19. The topological polar surface area (TPSA) is 41.1 Å². The molecule has 0 aliphatic carbocycles. The Hall–Kier alpha value is -1.35. The lowest BCUT2D eigenvalue weighted by atomic mass is 10.0. The van der Waals surface area contributed by atoms with E-state index in [4.69, 9.17) is 0 Å². The monoisotopic (exact) mass is 234 g/mol. The summed E-state index contributed by atoms with van der Waals surface area (Å²) >= 11 is 0. The summed E-state index contributed by atoms with van der Waals surface area (Å²) in [5.74, 6) is 0.552. The molecule has 3 nitrogen and oxygen atoms in total. The van der Waals surface area contributed by atoms with Crippen LogP contribution in [-0.4, -0.2) is 19.0 Å². The van der Waals surface area contributed by atoms with E-state index in [0.717, 1.165) is 6.54 Å². The van der Waals surface area contributed by atoms with Gasteiger partial charge in [0.2, 0.25) is 5.91 Å². The van der Waals surface area contributed by atoms with Crippen LogP contribution in [0.1, 0.15) is 37.8 Å². The molecular weight excluding hydrogens is 212 g/mol. The minimum atomic E-state index is -0.164. The van der Waals surface area contributed by atoms with Gasteiger partial charge in [0.05, 0.1) is 6.04 Å². The fourth-order valence-corrected chi connectivity index (χ4v) is 1.64. The molecule has 0 saturated heterocycles. The highest BCUT2D eigenvalue weighted by molar-refractivity contribution is 5.80. The third-order valence-electron chi connectivity index (χ3n) is 2.87. The molecule has 0 fully saturated rings. The third-order valence-corrected chi connectivity index (χ3v) is 2.87. The molecule has 1 amide bonds. The highest BCUT2D eigenvalue weighted by Crippen LogP contribution is 2.15. The van der Waals surface area contributed by atoms with Crippen LogP contribution in [-0.2, 0) is 11.3 Å². The minimum absolute atomic E-state index is 0.0185. The average Bonchev–Trinajstić information content (AvgIpc) is 2.35. The zero-order chi connectivity index (χ0) is 12.8. The van der Waals surface area contributed by atoms with Crippen molar-refractivity contribution in [3.63, 3.8) is 0 Å². The van der Waals surface area contributed by atoms with Gasteiger partial charge < -0.3 is 10.6 Å². The molecule has 0 saturated carbocycles. The van der Waals surface area contributed by atoms with Gasteiger partial charge in [-0.3, -0.25) is 4.79 Å². The number of hydrogen-bond acceptors (Lipinski definition) is 2. The maximum atomic E-state index is 11.3. The summed E-state index contributed by atoms with van der Waals surface area (Å²) in [5, 5.41) is 5.83. The van der Waals surface area contributed by atoms with Gasteiger partial charge >= 0.3 is 0 Å². The van der Waals surface area contributed by atoms with Crippen molar-refractivity contribution in [2.75, 3.05) is 7.05 Å². The molecule has 0 aromatic heterocycles. The van der Waals surface area contributed by atoms with Crippen molar-refractivity contribution < 1.29 is 4.79 Å². The van der Waals surface area contributed by atoms with Gasteiger partial charge in [-0.15, -0.1) is 0 Å². The van der Waals surface area contributed by atoms with Crippen LogP contribution < -0.4 is 10.6 Å². The molecule has 0 bridgehead atoms. The summed E-state index contributed by atoms with van der Waals surface area (Å²) in [6, 6.07) is 8.31. The van der Waals surface area contributed by atoms with Crippen molar-refractivity contribution in [2.24, 2.45) is 0 Å². The van der Waals surface area contributed by atoms with E-state index in [0.29, 0.717) is 5.92 Å². The van der Waals surface area contributed by atoms with Crippen LogP contribution >= 0.6 is 0 Å². The average molecular weight is 234 g/mol. The quantitative estimate of drug-likeness (QED) is 0.818. The molecule has 2 N–H and O–H groups in total. The number of likely N-dealkylation sites (N-methyl/N-ethyl adjacent to an activating group) is 1. The van der Waals surface area contributed by atoms with Gasteiger partial charge in [0.25, 0.3) is 0 Å². The van der Waals surface area contributed by atoms with Crippen molar-refractivity contribution in [1.29, 1.82) is 0 Å². The van der Waals surface area contributed by atoms with Crippen LogP contribution in [0, 0.1) is 0 Å². The van der Waals surface area contributed by atoms with Crippen LogP contribution in [0.4, 0.5) is 0 Å². The molecule has 1 rings (SSSR count). The molecule has 17 heavy (non-hydrogen) atoms. The van der Waals surface area contributed by atoms with E-state index >= 15 is 0 Å². The number of carbonyl (C=O) groups excluding carboxylic acids is 1. The fraction of sp³-hybridized carbons (Fsp3) is 0.500. The Kier molecular flexibility index (Phi) is 5.16. The second-order valence-electron chi connectivity index (χ2n) is 4.62. The lowest BCUT2D eigenvalue weighted by Crippen LogP contribution is -2.40. The molecule has 1 aromatic carbocycles. The Morgan fingerprint density at radius 2 is 2.00 bits per heavy atom. The van der Waals surface area contributed by atoms with E-state index in [1.165, 1.54) is 11.1 Å². The standard InChI is InChI=1S/C14H22N2O/c1-10(2)13-7-5-6-12(8-13)9-16-11(3)14(17)15-4/h5-8,10-11,16H,9H2,1-4H3,(H,15,17). The molecule has 0 heterocycles. The van der Waals surface area contributed by atoms with Crippen molar-refractivity contribution in [3.05, 3.63) is 35.4 Å². The number of carbonyl (C=O) groups is 1. The summed E-state index contributed by atoms with van der Waals surface area (Å²) in [6.45, 7) is 6.94. The van der Waals surface area contributed by atoms with Crippen LogP contribution in [0.15, 0.2) is 24.3 Å². The predicted octanol–water partition coefficient (Wildman–Crippen LogP) is 2.03. The summed E-state index contributed by atoms with van der Waals surface area (Å²) in [5.41, 5.74) is 2.55. The number of amides is 1. The van der Waals surface area contributed by atoms with Gasteiger partial charge in [0.1, 0.15) is 0 Å². The zero-order valence-corrected chi connectivity index (χ0v) is 11.1. The molecule has 1 aromatic rings. The Labute approximate surface area is 104 Å². The Morgan fingerprint density at radius 3 is 2.59 bits per heavy atom. The van der Waals surface area contributed by atoms with Gasteiger partial charge in [-0.05, 0) is 24.0 Å². The number of benzene rings is 1. The summed E-state index contributed by atoms with van der Waals surface area (Å²) < 4.78 is 0. The van der Waals surface area contributed by atoms with Crippen molar-refractivity contribution in [2.45, 2.75) is 39.3 Å². The first-order chi connectivity index (χ1) is 8.04. The van der Waals surface area contributed by atoms with E-state index < -0.39 is 0 Å². The predicted molar refractivity (Wildman–Crippen MR) is 70.9 cm³/mol. The Balaban J connectivity index is 2.57. The summed E-state index contributed by atoms with van der Waals surface area (Å²) in [7, 11) is 1.65. The van der Waals surface area contributed by atoms with Crippen LogP contribution in [0.5, 0.6) is 0 Å². The molecule has 3 heteroatoms. The minimum Gasteiger partial charge on any atom is -0.358 e. The summed E-state index contributed by atoms with van der Waals surface area (Å²) in [6.07, 6.45) is 0. The smallest absolute Gasteiger partial charge is 0.236 e. The Morgan fingerprint density at radius 1 is 1.29 bits per heavy atom. The zero-order valence-electron chi connectivity index (χ0n) is 11.1. The van der Waals surface area contributed by atoms with Crippen LogP contribution in [0.2, 0.25) is 0 Å². The molecule has 1 atom stereocenters. The van der Waals surface area contributed by atoms with Gasteiger partial charge in [-0.2, -0.15) is 0 Å². The lowest BCUT2D eigenvalue weighted by Gasteiger charge is -2.13. The van der Waals surface area contributed by atoms with Gasteiger partial charge in [-0.25, -0.2) is 0 Å². The molecule has 0 radical (unpaired) electrons. The summed E-state index contributed by atoms with van der Waals surface area (Å²) in [4.78, 5) is 11.3. The van der Waals surface area contributed by atoms with Crippen molar-refractivity contribution in [3.8, 4) is 0 Å². The van der Waals surface area contributed by atoms with Crippen molar-refractivity contribution in [1.82, 2.24) is 10.6 Å². The van der Waals surface area contributed by atoms with Gasteiger partial charge in [0, 0.05) is 13.6 Å². The SMILES string of the molecule is CNC(=O)C(C)NCc1cccc(C(C)C)c1. The number of hydrogen-bond donors (Lipinski definition) is 2. The highest BCUT2D eigenvalue weighted by atomic mass is 16.2. The van der Waals surface area contributed by atoms with Crippen LogP contribution in [0.25, 0.3) is 0 Å². The molecule has 0 aliphatic heterocycles. The van der Waals surface area contributed by atoms with Gasteiger partial charge in [0.15, 0.2) is 0 Å². The maximum Gasteiger partial charge on any atom is 0.236 e. The lowest BCUT2D eigenvalue weighted by molar-refractivity contribution is -0.122. The van der Waals surface area contributed by atoms with E-state index in [1.54, 1.807) is 7.05 Å². The van der Waals surface area contributed by atoms with E-state index in [2.05, 4.69) is 48.7 Å². The molecule has 1 unspecified atom stereocenters. The van der Waals surface area contributed by atoms with Crippen LogP contribution in [0.3, 0.4) is 0 Å². The van der Waals surface area contributed by atoms with Gasteiger partial charge in [-0.1, -0.05) is 38.1 Å². The van der Waals surface area contributed by atoms with E-state index in [-0.39, 0.29) is 11.9 Å². The molecular formula is C14H22N2O. The normalized spacial score (nSPS) is 12.5. The number of nitrogens with one attached hydrogen (secondary N) is 2. The molecule has 0 aliphatic rings. The first kappa shape index (κ1) is 13.7. The highest BCUT2D eigenvalue weighted by Gasteiger charge is 2.09. The first-order valence-electron chi connectivity index (χ1n) is 6.08. The fourth-order valence-electron chi connectivity index (χ4n) is 1.64. The molecule has 0 spiro atoms. The largest absolute Gasteiger partial charge is 0.358 e. The number of rotatable bonds is 5. The first-order valence-corrected chi connectivity index (χ1v) is 6.08. The second-order valence-corrected chi connectivity index (χ2v) is 4.62. The van der Waals surface area contributed by atoms with E-state index in [1.807, 2.05) is 6.92 Å². The molecule has 94 valence electrons. The second kappa shape index (κ2) is 6.40. The van der Waals surface area contributed by atoms with Crippen molar-refractivity contribution >= 4 is 5.91 Å². The maximum absolute atomic E-state index is 11.3. The Bertz CT molecular complexity index is 374. The van der Waals surface area contributed by atoms with E-state index in [9.17, 15) is 4.79 Å².